The van der Waals surface area contributed by atoms with Crippen LogP contribution in [0.1, 0.15) is 6.42 Å². The Kier molecular flexibility index (Phi) is 3.18. The number of methoxy groups -OCH3 is 1. The van der Waals surface area contributed by atoms with Crippen LogP contribution in [-0.4, -0.2) is 24.1 Å². The number of fused-ring (bicyclic) bond motifs is 1. The van der Waals surface area contributed by atoms with Gasteiger partial charge in [0, 0.05) is 11.8 Å². The number of carboxylic acids is 1. The summed E-state index contributed by atoms with van der Waals surface area (Å²) < 4.78 is 5.16. The highest BCUT2D eigenvalue weighted by Gasteiger charge is 2.62. The van der Waals surface area contributed by atoms with Gasteiger partial charge in [-0.2, -0.15) is 0 Å². The summed E-state index contributed by atoms with van der Waals surface area (Å²) in [5.74, 6) is -0.494. The number of hydrogen-bond donors (Lipinski definition) is 2. The van der Waals surface area contributed by atoms with Crippen molar-refractivity contribution in [2.24, 2.45) is 35.5 Å². The van der Waals surface area contributed by atoms with Crippen molar-refractivity contribution in [3.63, 3.8) is 0 Å². The van der Waals surface area contributed by atoms with Gasteiger partial charge in [0.1, 0.15) is 5.75 Å². The fourth-order valence-electron chi connectivity index (χ4n) is 4.50. The summed E-state index contributed by atoms with van der Waals surface area (Å²) in [5.41, 5.74) is 0.635. The predicted octanol–water partition coefficient (Wildman–Crippen LogP) is 2.40. The van der Waals surface area contributed by atoms with E-state index < -0.39 is 17.8 Å². The Morgan fingerprint density at radius 3 is 2.52 bits per heavy atom. The molecule has 120 valence electrons. The second kappa shape index (κ2) is 5.11. The van der Waals surface area contributed by atoms with Crippen LogP contribution in [0.15, 0.2) is 36.4 Å². The van der Waals surface area contributed by atoms with Crippen LogP contribution in [0.4, 0.5) is 5.69 Å². The quantitative estimate of drug-likeness (QED) is 0.837. The Hall–Kier alpha value is -2.30. The van der Waals surface area contributed by atoms with Gasteiger partial charge in [0.2, 0.25) is 5.91 Å². The number of carbonyl (C=O) groups is 2. The number of carboxylic acid groups (broad SMARTS) is 1. The zero-order valence-electron chi connectivity index (χ0n) is 12.8. The van der Waals surface area contributed by atoms with Crippen molar-refractivity contribution in [3.8, 4) is 5.75 Å². The summed E-state index contributed by atoms with van der Waals surface area (Å²) in [6, 6.07) is 7.13. The van der Waals surface area contributed by atoms with Crippen LogP contribution in [0.25, 0.3) is 0 Å². The zero-order valence-corrected chi connectivity index (χ0v) is 12.8. The lowest BCUT2D eigenvalue weighted by Gasteiger charge is -2.41. The molecule has 23 heavy (non-hydrogen) atoms. The molecule has 0 aliphatic heterocycles. The molecule has 0 radical (unpaired) electrons. The van der Waals surface area contributed by atoms with Crippen LogP contribution in [-0.2, 0) is 9.59 Å². The Labute approximate surface area is 134 Å². The van der Waals surface area contributed by atoms with Crippen LogP contribution in [0.2, 0.25) is 0 Å². The van der Waals surface area contributed by atoms with E-state index in [2.05, 4.69) is 11.4 Å². The molecule has 2 bridgehead atoms. The highest BCUT2D eigenvalue weighted by molar-refractivity contribution is 5.96. The number of benzene rings is 1. The molecule has 4 aliphatic carbocycles. The first-order valence-electron chi connectivity index (χ1n) is 7.96. The molecule has 1 amide bonds. The maximum absolute atomic E-state index is 12.8. The Morgan fingerprint density at radius 2 is 1.87 bits per heavy atom. The SMILES string of the molecule is COc1cccc(NC(=O)[C@@H]2[C@H]3C=C[C@@H]([C@@H]4C[C@H]34)[C@H]2C(=O)O)c1. The molecule has 5 nitrogen and oxygen atoms in total. The molecule has 5 heteroatoms. The number of allylic oxidation sites excluding steroid dienone is 2. The third-order valence-corrected chi connectivity index (χ3v) is 5.58. The number of anilines is 1. The smallest absolute Gasteiger partial charge is 0.307 e. The molecule has 0 spiro atoms. The van der Waals surface area contributed by atoms with Crippen molar-refractivity contribution < 1.29 is 19.4 Å². The summed E-state index contributed by atoms with van der Waals surface area (Å²) in [7, 11) is 1.57. The van der Waals surface area contributed by atoms with E-state index in [-0.39, 0.29) is 17.7 Å². The summed E-state index contributed by atoms with van der Waals surface area (Å²) in [5, 5.41) is 12.5. The van der Waals surface area contributed by atoms with Crippen molar-refractivity contribution in [2.45, 2.75) is 6.42 Å². The first kappa shape index (κ1) is 14.3. The topological polar surface area (TPSA) is 75.6 Å². The monoisotopic (exact) mass is 313 g/mol. The second-order valence-corrected chi connectivity index (χ2v) is 6.71. The number of ether oxygens (including phenoxy) is 1. The van der Waals surface area contributed by atoms with Crippen LogP contribution < -0.4 is 10.1 Å². The Bertz CT molecular complexity index is 698. The van der Waals surface area contributed by atoms with E-state index in [4.69, 9.17) is 4.74 Å². The molecule has 0 unspecified atom stereocenters. The van der Waals surface area contributed by atoms with Gasteiger partial charge in [0.05, 0.1) is 18.9 Å². The fourth-order valence-corrected chi connectivity index (χ4v) is 4.50. The Balaban J connectivity index is 1.59. The van der Waals surface area contributed by atoms with Crippen molar-refractivity contribution in [3.05, 3.63) is 36.4 Å². The number of nitrogens with one attached hydrogen (secondary N) is 1. The first-order chi connectivity index (χ1) is 11.1. The molecule has 5 rings (SSSR count). The molecule has 1 aromatic carbocycles. The van der Waals surface area contributed by atoms with E-state index in [1.807, 2.05) is 6.08 Å². The van der Waals surface area contributed by atoms with Crippen molar-refractivity contribution >= 4 is 17.6 Å². The second-order valence-electron chi connectivity index (χ2n) is 6.71. The molecular weight excluding hydrogens is 294 g/mol. The molecule has 4 aliphatic rings. The van der Waals surface area contributed by atoms with E-state index in [0.29, 0.717) is 23.3 Å². The number of rotatable bonds is 4. The maximum atomic E-state index is 12.8. The van der Waals surface area contributed by atoms with Crippen LogP contribution in [0.3, 0.4) is 0 Å². The largest absolute Gasteiger partial charge is 0.497 e. The number of hydrogen-bond acceptors (Lipinski definition) is 3. The van der Waals surface area contributed by atoms with Gasteiger partial charge in [-0.1, -0.05) is 18.2 Å². The van der Waals surface area contributed by atoms with Gasteiger partial charge < -0.3 is 15.2 Å². The molecule has 0 heterocycles. The van der Waals surface area contributed by atoms with Crippen molar-refractivity contribution in [2.75, 3.05) is 12.4 Å². The van der Waals surface area contributed by atoms with Gasteiger partial charge in [-0.05, 0) is 42.2 Å². The average molecular weight is 313 g/mol. The minimum atomic E-state index is -0.861. The van der Waals surface area contributed by atoms with E-state index in [9.17, 15) is 14.7 Å². The van der Waals surface area contributed by atoms with Gasteiger partial charge in [-0.15, -0.1) is 0 Å². The van der Waals surface area contributed by atoms with Gasteiger partial charge in [-0.3, -0.25) is 9.59 Å². The third-order valence-electron chi connectivity index (χ3n) is 5.58. The highest BCUT2D eigenvalue weighted by Crippen LogP contribution is 2.63. The van der Waals surface area contributed by atoms with Gasteiger partial charge in [0.25, 0.3) is 0 Å². The molecule has 6 atom stereocenters. The van der Waals surface area contributed by atoms with Gasteiger partial charge in [-0.25, -0.2) is 0 Å². The minimum absolute atomic E-state index is 0.00330. The lowest BCUT2D eigenvalue weighted by Crippen LogP contribution is -2.48. The molecule has 0 aromatic heterocycles. The lowest BCUT2D eigenvalue weighted by molar-refractivity contribution is -0.152. The molecule has 2 N–H and O–H groups in total. The fraction of sp³-hybridized carbons (Fsp3) is 0.444. The molecular formula is C18H19NO4. The third kappa shape index (κ3) is 2.22. The predicted molar refractivity (Wildman–Crippen MR) is 84.0 cm³/mol. The van der Waals surface area contributed by atoms with Gasteiger partial charge >= 0.3 is 5.97 Å². The minimum Gasteiger partial charge on any atom is -0.497 e. The molecule has 1 aromatic rings. The highest BCUT2D eigenvalue weighted by atomic mass is 16.5. The molecule has 2 saturated carbocycles. The maximum Gasteiger partial charge on any atom is 0.307 e. The molecule has 2 fully saturated rings. The first-order valence-corrected chi connectivity index (χ1v) is 7.96. The van der Waals surface area contributed by atoms with E-state index in [1.165, 1.54) is 0 Å². The molecule has 0 saturated heterocycles. The summed E-state index contributed by atoms with van der Waals surface area (Å²) in [6.07, 6.45) is 5.14. The summed E-state index contributed by atoms with van der Waals surface area (Å²) in [6.45, 7) is 0. The number of aliphatic carboxylic acids is 1. The summed E-state index contributed by atoms with van der Waals surface area (Å²) >= 11 is 0. The standard InChI is InChI=1S/C18H19NO4/c1-23-10-4-2-3-9(7-10)19-17(20)15-11-5-6-12(14-8-13(11)14)16(15)18(21)22/h2-7,11-16H,8H2,1H3,(H,19,20)(H,21,22)/t11-,12-,13+,14-,15+,16+/m0/s1. The van der Waals surface area contributed by atoms with E-state index in [1.54, 1.807) is 31.4 Å². The normalized spacial score (nSPS) is 36.2. The van der Waals surface area contributed by atoms with Crippen molar-refractivity contribution in [1.29, 1.82) is 0 Å². The van der Waals surface area contributed by atoms with E-state index >= 15 is 0 Å². The average Bonchev–Trinajstić information content (AvgIpc) is 3.36. The van der Waals surface area contributed by atoms with Crippen LogP contribution >= 0.6 is 0 Å². The number of amides is 1. The van der Waals surface area contributed by atoms with E-state index in [0.717, 1.165) is 6.42 Å². The number of carbonyl (C=O) groups excluding carboxylic acids is 1. The van der Waals surface area contributed by atoms with Crippen LogP contribution in [0.5, 0.6) is 5.75 Å². The lowest BCUT2D eigenvalue weighted by atomic mass is 9.62. The van der Waals surface area contributed by atoms with Crippen molar-refractivity contribution in [1.82, 2.24) is 0 Å². The zero-order chi connectivity index (χ0) is 16.1. The van der Waals surface area contributed by atoms with Crippen LogP contribution in [0, 0.1) is 35.5 Å². The Morgan fingerprint density at radius 1 is 1.17 bits per heavy atom. The summed E-state index contributed by atoms with van der Waals surface area (Å²) in [4.78, 5) is 24.5. The van der Waals surface area contributed by atoms with Gasteiger partial charge in [0.15, 0.2) is 0 Å².